The molecule has 12 heavy (non-hydrogen) atoms. The Bertz CT molecular complexity index is 246. The molecule has 0 radical (unpaired) electrons. The molecule has 0 aromatic heterocycles. The average Bonchev–Trinajstić information content (AvgIpc) is 1.82. The van der Waals surface area contributed by atoms with E-state index >= 15 is 0 Å². The minimum Gasteiger partial charge on any atom is -0.394 e. The summed E-state index contributed by atoms with van der Waals surface area (Å²) < 4.78 is 21.2. The van der Waals surface area contributed by atoms with Crippen molar-refractivity contribution < 1.29 is 18.3 Å². The Hall–Kier alpha value is -0.620. The van der Waals surface area contributed by atoms with E-state index in [1.54, 1.807) is 6.92 Å². The SMILES string of the molecule is C[C@H](CO)NC(=O)CS(C)(=O)=O. The van der Waals surface area contributed by atoms with Crippen molar-refractivity contribution in [3.8, 4) is 0 Å². The Morgan fingerprint density at radius 1 is 1.58 bits per heavy atom. The molecule has 0 aliphatic heterocycles. The van der Waals surface area contributed by atoms with Gasteiger partial charge in [-0.15, -0.1) is 0 Å². The topological polar surface area (TPSA) is 83.5 Å². The smallest absolute Gasteiger partial charge is 0.235 e. The van der Waals surface area contributed by atoms with Crippen LogP contribution in [0.3, 0.4) is 0 Å². The van der Waals surface area contributed by atoms with Gasteiger partial charge in [-0.05, 0) is 6.92 Å². The summed E-state index contributed by atoms with van der Waals surface area (Å²) in [5.74, 6) is -1.11. The molecule has 6 heteroatoms. The van der Waals surface area contributed by atoms with E-state index in [0.717, 1.165) is 6.26 Å². The highest BCUT2D eigenvalue weighted by molar-refractivity contribution is 7.91. The van der Waals surface area contributed by atoms with Gasteiger partial charge in [0.1, 0.15) is 5.75 Å². The predicted octanol–water partition coefficient (Wildman–Crippen LogP) is -1.47. The van der Waals surface area contributed by atoms with Crippen LogP contribution >= 0.6 is 0 Å². The van der Waals surface area contributed by atoms with Crippen LogP contribution in [-0.2, 0) is 14.6 Å². The molecule has 0 aliphatic carbocycles. The molecule has 5 nitrogen and oxygen atoms in total. The zero-order valence-corrected chi connectivity index (χ0v) is 7.89. The highest BCUT2D eigenvalue weighted by atomic mass is 32.2. The number of aliphatic hydroxyl groups excluding tert-OH is 1. The monoisotopic (exact) mass is 195 g/mol. The maximum atomic E-state index is 10.8. The van der Waals surface area contributed by atoms with Gasteiger partial charge in [0.2, 0.25) is 5.91 Å². The van der Waals surface area contributed by atoms with Crippen LogP contribution in [-0.4, -0.2) is 44.1 Å². The quantitative estimate of drug-likeness (QED) is 0.573. The van der Waals surface area contributed by atoms with E-state index in [1.807, 2.05) is 0 Å². The third-order valence-corrected chi connectivity index (χ3v) is 1.86. The van der Waals surface area contributed by atoms with Crippen LogP contribution in [0, 0.1) is 0 Å². The normalized spacial score (nSPS) is 13.9. The minimum atomic E-state index is -3.27. The number of nitrogens with one attached hydrogen (secondary N) is 1. The van der Waals surface area contributed by atoms with Crippen molar-refractivity contribution >= 4 is 15.7 Å². The number of sulfone groups is 1. The lowest BCUT2D eigenvalue weighted by Crippen LogP contribution is -2.38. The molecule has 72 valence electrons. The molecule has 0 aliphatic rings. The summed E-state index contributed by atoms with van der Waals surface area (Å²) in [7, 11) is -3.27. The van der Waals surface area contributed by atoms with Crippen LogP contribution in [0.15, 0.2) is 0 Å². The lowest BCUT2D eigenvalue weighted by Gasteiger charge is -2.09. The second-order valence-corrected chi connectivity index (χ2v) is 4.86. The molecule has 2 N–H and O–H groups in total. The van der Waals surface area contributed by atoms with Gasteiger partial charge in [-0.2, -0.15) is 0 Å². The molecule has 0 aromatic carbocycles. The van der Waals surface area contributed by atoms with Crippen molar-refractivity contribution in [1.82, 2.24) is 5.32 Å². The second-order valence-electron chi connectivity index (χ2n) is 2.72. The standard InChI is InChI=1S/C6H13NO4S/c1-5(3-8)7-6(9)4-12(2,10)11/h5,8H,3-4H2,1-2H3,(H,7,9)/t5-/m1/s1. The zero-order chi connectivity index (χ0) is 9.78. The van der Waals surface area contributed by atoms with Crippen LogP contribution in [0.1, 0.15) is 6.92 Å². The van der Waals surface area contributed by atoms with Crippen molar-refractivity contribution in [2.75, 3.05) is 18.6 Å². The van der Waals surface area contributed by atoms with Crippen LogP contribution in [0.5, 0.6) is 0 Å². The van der Waals surface area contributed by atoms with E-state index in [4.69, 9.17) is 5.11 Å². The van der Waals surface area contributed by atoms with Crippen molar-refractivity contribution in [3.63, 3.8) is 0 Å². The van der Waals surface area contributed by atoms with E-state index in [9.17, 15) is 13.2 Å². The largest absolute Gasteiger partial charge is 0.394 e. The number of carbonyl (C=O) groups excluding carboxylic acids is 1. The maximum absolute atomic E-state index is 10.8. The molecule has 1 atom stereocenters. The summed E-state index contributed by atoms with van der Waals surface area (Å²) in [4.78, 5) is 10.8. The molecular formula is C6H13NO4S. The molecule has 0 rings (SSSR count). The summed E-state index contributed by atoms with van der Waals surface area (Å²) in [5.41, 5.74) is 0. The van der Waals surface area contributed by atoms with Crippen molar-refractivity contribution in [1.29, 1.82) is 0 Å². The Balaban J connectivity index is 3.92. The van der Waals surface area contributed by atoms with Gasteiger partial charge in [0.25, 0.3) is 0 Å². The van der Waals surface area contributed by atoms with Gasteiger partial charge >= 0.3 is 0 Å². The van der Waals surface area contributed by atoms with Crippen molar-refractivity contribution in [2.24, 2.45) is 0 Å². The molecule has 0 heterocycles. The van der Waals surface area contributed by atoms with E-state index in [2.05, 4.69) is 5.32 Å². The van der Waals surface area contributed by atoms with Gasteiger partial charge in [0.15, 0.2) is 9.84 Å². The van der Waals surface area contributed by atoms with Gasteiger partial charge in [-0.1, -0.05) is 0 Å². The average molecular weight is 195 g/mol. The first-order valence-corrected chi connectivity index (χ1v) is 5.49. The number of amides is 1. The molecule has 0 saturated carbocycles. The number of hydrogen-bond acceptors (Lipinski definition) is 4. The fourth-order valence-electron chi connectivity index (χ4n) is 0.600. The molecule has 0 unspecified atom stereocenters. The molecule has 0 bridgehead atoms. The maximum Gasteiger partial charge on any atom is 0.235 e. The summed E-state index contributed by atoms with van der Waals surface area (Å²) >= 11 is 0. The number of carbonyl (C=O) groups is 1. The lowest BCUT2D eigenvalue weighted by molar-refractivity contribution is -0.119. The molecular weight excluding hydrogens is 182 g/mol. The summed E-state index contributed by atoms with van der Waals surface area (Å²) in [6, 6.07) is -0.403. The second kappa shape index (κ2) is 4.42. The fraction of sp³-hybridized carbons (Fsp3) is 0.833. The number of rotatable bonds is 4. The summed E-state index contributed by atoms with van der Waals surface area (Å²) in [5, 5.41) is 10.8. The summed E-state index contributed by atoms with van der Waals surface area (Å²) in [6.45, 7) is 1.38. The van der Waals surface area contributed by atoms with Gasteiger partial charge in [-0.3, -0.25) is 4.79 Å². The van der Waals surface area contributed by atoms with Crippen LogP contribution in [0.4, 0.5) is 0 Å². The summed E-state index contributed by atoms with van der Waals surface area (Å²) in [6.07, 6.45) is 0.982. The minimum absolute atomic E-state index is 0.199. The van der Waals surface area contributed by atoms with Crippen molar-refractivity contribution in [2.45, 2.75) is 13.0 Å². The lowest BCUT2D eigenvalue weighted by atomic mass is 10.4. The first-order valence-electron chi connectivity index (χ1n) is 3.43. The van der Waals surface area contributed by atoms with Crippen LogP contribution in [0.2, 0.25) is 0 Å². The Labute approximate surface area is 71.7 Å². The van der Waals surface area contributed by atoms with E-state index < -0.39 is 27.5 Å². The van der Waals surface area contributed by atoms with E-state index in [1.165, 1.54) is 0 Å². The van der Waals surface area contributed by atoms with Gasteiger partial charge in [0.05, 0.1) is 6.61 Å². The highest BCUT2D eigenvalue weighted by Gasteiger charge is 2.12. The van der Waals surface area contributed by atoms with Crippen LogP contribution < -0.4 is 5.32 Å². The Morgan fingerprint density at radius 3 is 2.42 bits per heavy atom. The molecule has 0 aromatic rings. The molecule has 0 saturated heterocycles. The van der Waals surface area contributed by atoms with Crippen LogP contribution in [0.25, 0.3) is 0 Å². The van der Waals surface area contributed by atoms with Gasteiger partial charge < -0.3 is 10.4 Å². The van der Waals surface area contributed by atoms with Crippen molar-refractivity contribution in [3.05, 3.63) is 0 Å². The highest BCUT2D eigenvalue weighted by Crippen LogP contribution is 1.84. The molecule has 1 amide bonds. The first kappa shape index (κ1) is 11.4. The molecule has 0 fully saturated rings. The molecule has 0 spiro atoms. The number of aliphatic hydroxyl groups is 1. The zero-order valence-electron chi connectivity index (χ0n) is 7.07. The Kier molecular flexibility index (Phi) is 4.19. The van der Waals surface area contributed by atoms with E-state index in [0.29, 0.717) is 0 Å². The van der Waals surface area contributed by atoms with Gasteiger partial charge in [-0.25, -0.2) is 8.42 Å². The number of hydrogen-bond donors (Lipinski definition) is 2. The third kappa shape index (κ3) is 6.11. The van der Waals surface area contributed by atoms with Gasteiger partial charge in [0, 0.05) is 12.3 Å². The fourth-order valence-corrected chi connectivity index (χ4v) is 1.16. The first-order chi connectivity index (χ1) is 5.35. The third-order valence-electron chi connectivity index (χ3n) is 1.07. The predicted molar refractivity (Wildman–Crippen MR) is 44.4 cm³/mol. The Morgan fingerprint density at radius 2 is 2.08 bits per heavy atom. The van der Waals surface area contributed by atoms with E-state index in [-0.39, 0.29) is 6.61 Å².